The predicted octanol–water partition coefficient (Wildman–Crippen LogP) is -15.5. The Labute approximate surface area is 580 Å². The molecule has 7 aliphatic rings. The van der Waals surface area contributed by atoms with Crippen molar-refractivity contribution in [3.8, 4) is 0 Å². The Bertz CT molecular complexity index is 2680. The molecule has 0 radical (unpaired) electrons. The molecule has 44 nitrogen and oxygen atoms in total. The van der Waals surface area contributed by atoms with Gasteiger partial charge in [0, 0.05) is 46.6 Å². The third kappa shape index (κ3) is 19.7. The lowest BCUT2D eigenvalue weighted by Crippen LogP contribution is -2.70. The molecule has 7 aliphatic heterocycles. The summed E-state index contributed by atoms with van der Waals surface area (Å²) in [4.78, 5) is 50.3. The topological polar surface area (TPSA) is 691 Å². The van der Waals surface area contributed by atoms with E-state index in [2.05, 4.69) is 21.3 Å². The second-order valence-corrected chi connectivity index (χ2v) is 25.5. The second kappa shape index (κ2) is 38.2. The Balaban J connectivity index is 1.25. The number of aliphatic hydroxyl groups is 22. The summed E-state index contributed by atoms with van der Waals surface area (Å²) in [7, 11) is 0. The average Bonchev–Trinajstić information content (AvgIpc) is 0.773. The first-order chi connectivity index (χ1) is 48.2. The number of nitrogens with one attached hydrogen (secondary N) is 4. The molecule has 0 aliphatic carbocycles. The van der Waals surface area contributed by atoms with Gasteiger partial charge in [0.05, 0.1) is 77.2 Å². The predicted molar refractivity (Wildman–Crippen MR) is 321 cm³/mol. The molecule has 7 fully saturated rings. The van der Waals surface area contributed by atoms with E-state index in [4.69, 9.17) is 66.3 Å². The third-order valence-corrected chi connectivity index (χ3v) is 18.2. The summed E-state index contributed by atoms with van der Waals surface area (Å²) >= 11 is 0. The van der Waals surface area contributed by atoms with Gasteiger partial charge in [0.1, 0.15) is 164 Å². The van der Waals surface area contributed by atoms with E-state index in [1.54, 1.807) is 0 Å². The second-order valence-electron chi connectivity index (χ2n) is 25.5. The van der Waals surface area contributed by atoms with E-state index >= 15 is 0 Å². The Morgan fingerprint density at radius 2 is 0.814 bits per heavy atom. The summed E-state index contributed by atoms with van der Waals surface area (Å²) in [5.74, 6) is -5.87. The molecule has 7 rings (SSSR count). The summed E-state index contributed by atoms with van der Waals surface area (Å²) < 4.78 is 82.7. The van der Waals surface area contributed by atoms with Gasteiger partial charge < -0.3 is 200 Å². The molecule has 0 spiro atoms. The van der Waals surface area contributed by atoms with Gasteiger partial charge in [0.25, 0.3) is 0 Å². The van der Waals surface area contributed by atoms with E-state index in [0.717, 1.165) is 27.7 Å². The first kappa shape index (κ1) is 85.3. The minimum atomic E-state index is -2.73. The van der Waals surface area contributed by atoms with Crippen LogP contribution in [0.3, 0.4) is 0 Å². The van der Waals surface area contributed by atoms with Crippen molar-refractivity contribution in [2.45, 2.75) is 262 Å². The van der Waals surface area contributed by atoms with Gasteiger partial charge in [-0.1, -0.05) is 0 Å². The molecule has 4 amide bonds. The SMILES string of the molecule is CC(=O)N/C(=C(\O)[C@@H](CCO)O[C@@H]1OC(CO)[C@H](CO)C(O)C1O)[C@@H](O)OC1C(O)[C@H](O)C(CO)O[C@@H]1OCC1O[C@@H](O[C@@H]2C(CO)O[C@@H](O[C@@H]3C(CO)O[C@@H](C)C(NC(C)=O)C3O)C(NC(C)=O)C2O)C(O)C(O[C@H]2O[C@H](CO)[C@@H](O)C(O)C2O[C@@H]2OC(CO)[C@@H](O)C(O)C2NC(C)=O)[C@@H]1O. The summed E-state index contributed by atoms with van der Waals surface area (Å²) in [6.45, 7) is -3.40. The number of carbonyl (C=O) groups excluding carboxylic acids is 4. The number of hydrogen-bond donors (Lipinski definition) is 26. The molecule has 20 unspecified atom stereocenters. The van der Waals surface area contributed by atoms with Crippen LogP contribution in [0.1, 0.15) is 41.0 Å². The van der Waals surface area contributed by atoms with Crippen molar-refractivity contribution < 1.29 is 198 Å². The zero-order valence-corrected chi connectivity index (χ0v) is 55.6. The molecule has 590 valence electrons. The maximum Gasteiger partial charge on any atom is 0.221 e. The largest absolute Gasteiger partial charge is 0.507 e. The number of hydrogen-bond acceptors (Lipinski definition) is 40. The summed E-state index contributed by atoms with van der Waals surface area (Å²) in [6, 6.07) is -4.78. The van der Waals surface area contributed by atoms with Crippen LogP contribution < -0.4 is 21.3 Å². The van der Waals surface area contributed by atoms with Gasteiger partial charge in [-0.05, 0) is 6.92 Å². The Hall–Kier alpha value is -3.98. The number of rotatable bonds is 30. The van der Waals surface area contributed by atoms with Crippen LogP contribution in [-0.2, 0) is 85.5 Å². The first-order valence-corrected chi connectivity index (χ1v) is 32.6. The summed E-state index contributed by atoms with van der Waals surface area (Å²) in [6.07, 6.45) is -67.2. The normalized spacial score (nSPS) is 44.4. The molecule has 0 bridgehead atoms. The van der Waals surface area contributed by atoms with Crippen molar-refractivity contribution in [1.29, 1.82) is 0 Å². The summed E-state index contributed by atoms with van der Waals surface area (Å²) in [5, 5.41) is 253. The van der Waals surface area contributed by atoms with Crippen LogP contribution in [0.25, 0.3) is 0 Å². The van der Waals surface area contributed by atoms with E-state index in [1.807, 2.05) is 0 Å². The lowest BCUT2D eigenvalue weighted by atomic mass is 9.90. The van der Waals surface area contributed by atoms with E-state index in [9.17, 15) is 132 Å². The molecule has 0 aromatic carbocycles. The number of amides is 4. The average molecular weight is 1490 g/mol. The Kier molecular flexibility index (Phi) is 31.9. The third-order valence-electron chi connectivity index (χ3n) is 18.2. The van der Waals surface area contributed by atoms with Crippen LogP contribution >= 0.6 is 0 Å². The molecule has 102 heavy (non-hydrogen) atoms. The van der Waals surface area contributed by atoms with Crippen molar-refractivity contribution >= 4 is 23.6 Å². The van der Waals surface area contributed by atoms with Crippen LogP contribution in [0.4, 0.5) is 0 Å². The highest BCUT2D eigenvalue weighted by atomic mass is 16.8. The van der Waals surface area contributed by atoms with Crippen LogP contribution in [-0.4, -0.2) is 416 Å². The lowest BCUT2D eigenvalue weighted by molar-refractivity contribution is -0.394. The molecular formula is C58H98N4O40. The fourth-order valence-corrected chi connectivity index (χ4v) is 12.9. The van der Waals surface area contributed by atoms with E-state index in [1.165, 1.54) is 6.92 Å². The first-order valence-electron chi connectivity index (χ1n) is 32.6. The lowest BCUT2D eigenvalue weighted by Gasteiger charge is -2.51. The monoisotopic (exact) mass is 1490 g/mol. The zero-order valence-electron chi connectivity index (χ0n) is 55.6. The molecule has 37 atom stereocenters. The van der Waals surface area contributed by atoms with Gasteiger partial charge in [-0.25, -0.2) is 0 Å². The standard InChI is InChI=1S/C58H98N4O40/c1-16-30(59-17(2)71)41(82)47(27(13-69)90-16)99-54-33(62-20(5)74)42(83)48(28(14-70)96-54)100-56-46(87)49(101-58-51(44(85)38(79)26(12-68)95-58)102-53-32(61-19(4)73)40(81)36(77)24(10-66)93-53)39(80)29(97-56)15-89-57-50(43(84)37(78)25(11-67)94-57)98-52(88)31(60-18(3)72)35(76)22(6-7-63)91-55-45(86)34(75)21(8-64)23(9-65)92-55/h16,21-30,32-34,36-58,63-70,75-88H,6-15H2,1-5H3,(H,59,71)(H,60,72)(H,61,73)(H,62,74)/b35-31-/t16-,21-,22+,23?,24?,25?,26+,27?,28?,29?,30?,32?,33?,34?,36+,37+,38+,39+,40?,41?,42?,43?,44?,45?,46?,47+,48+,49?,50?,51?,52-,53-,54-,55+,56-,57-,58+/m0/s1. The minimum absolute atomic E-state index is 0.615. The van der Waals surface area contributed by atoms with Crippen molar-refractivity contribution in [3.05, 3.63) is 11.5 Å². The van der Waals surface area contributed by atoms with Gasteiger partial charge >= 0.3 is 0 Å². The minimum Gasteiger partial charge on any atom is -0.507 e. The van der Waals surface area contributed by atoms with Crippen LogP contribution in [0.15, 0.2) is 11.5 Å². The van der Waals surface area contributed by atoms with Gasteiger partial charge in [0.2, 0.25) is 29.9 Å². The summed E-state index contributed by atoms with van der Waals surface area (Å²) in [5.41, 5.74) is -1.05. The fourth-order valence-electron chi connectivity index (χ4n) is 12.9. The Morgan fingerprint density at radius 1 is 0.382 bits per heavy atom. The maximum atomic E-state index is 12.9. The van der Waals surface area contributed by atoms with Crippen LogP contribution in [0, 0.1) is 5.92 Å². The zero-order chi connectivity index (χ0) is 75.6. The highest BCUT2D eigenvalue weighted by molar-refractivity contribution is 5.75. The molecular weight excluding hydrogens is 1390 g/mol. The quantitative estimate of drug-likeness (QED) is 0.0235. The fraction of sp³-hybridized carbons (Fsp3) is 0.897. The van der Waals surface area contributed by atoms with E-state index in [0.29, 0.717) is 0 Å². The number of carbonyl (C=O) groups is 4. The van der Waals surface area contributed by atoms with Crippen molar-refractivity contribution in [3.63, 3.8) is 0 Å². The highest BCUT2D eigenvalue weighted by Gasteiger charge is 2.59. The van der Waals surface area contributed by atoms with E-state index < -0.39 is 328 Å². The van der Waals surface area contributed by atoms with Crippen molar-refractivity contribution in [2.24, 2.45) is 5.92 Å². The molecule has 7 heterocycles. The van der Waals surface area contributed by atoms with Gasteiger partial charge in [-0.3, -0.25) is 19.2 Å². The molecule has 44 heteroatoms. The molecule has 0 aromatic rings. The Morgan fingerprint density at radius 3 is 1.33 bits per heavy atom. The van der Waals surface area contributed by atoms with E-state index in [-0.39, 0.29) is 0 Å². The molecule has 26 N–H and O–H groups in total. The smallest absolute Gasteiger partial charge is 0.221 e. The van der Waals surface area contributed by atoms with Gasteiger partial charge in [-0.15, -0.1) is 0 Å². The molecule has 7 saturated heterocycles. The van der Waals surface area contributed by atoms with Gasteiger partial charge in [-0.2, -0.15) is 0 Å². The maximum absolute atomic E-state index is 12.9. The van der Waals surface area contributed by atoms with Crippen molar-refractivity contribution in [2.75, 3.05) is 59.5 Å². The molecule has 0 aromatic heterocycles. The van der Waals surface area contributed by atoms with Crippen LogP contribution in [0.5, 0.6) is 0 Å². The highest BCUT2D eigenvalue weighted by Crippen LogP contribution is 2.38. The van der Waals surface area contributed by atoms with Gasteiger partial charge in [0.15, 0.2) is 37.7 Å². The van der Waals surface area contributed by atoms with Crippen molar-refractivity contribution in [1.82, 2.24) is 21.3 Å². The van der Waals surface area contributed by atoms with Crippen LogP contribution in [0.2, 0.25) is 0 Å². The number of aliphatic hydroxyl groups excluding tert-OH is 22. The number of ether oxygens (including phenoxy) is 14. The molecule has 0 saturated carbocycles.